The van der Waals surface area contributed by atoms with Crippen molar-refractivity contribution in [3.05, 3.63) is 30.1 Å². The molecule has 1 saturated heterocycles. The van der Waals surface area contributed by atoms with Crippen LogP contribution in [-0.2, 0) is 20.8 Å². The molecule has 0 radical (unpaired) electrons. The number of carbonyl (C=O) groups excluding carboxylic acids is 3. The number of hydrogen-bond acceptors (Lipinski definition) is 5. The number of aryl methyl sites for hydroxylation is 1. The monoisotopic (exact) mass is 388 g/mol. The molecule has 0 spiro atoms. The molecule has 0 aromatic carbocycles. The van der Waals surface area contributed by atoms with E-state index in [1.807, 2.05) is 18.3 Å². The van der Waals surface area contributed by atoms with E-state index in [9.17, 15) is 14.4 Å². The quantitative estimate of drug-likeness (QED) is 0.529. The molecule has 5 nitrogen and oxygen atoms in total. The summed E-state index contributed by atoms with van der Waals surface area (Å²) in [5, 5.41) is 0.0310. The zero-order chi connectivity index (χ0) is 19.1. The Bertz CT molecular complexity index is 659. The summed E-state index contributed by atoms with van der Waals surface area (Å²) < 4.78 is 0. The predicted octanol–water partition coefficient (Wildman–Crippen LogP) is 3.41. The van der Waals surface area contributed by atoms with Gasteiger partial charge in [-0.25, -0.2) is 0 Å². The molecule has 1 aliphatic carbocycles. The summed E-state index contributed by atoms with van der Waals surface area (Å²) in [6.45, 7) is 0.532. The lowest BCUT2D eigenvalue weighted by Gasteiger charge is -2.26. The van der Waals surface area contributed by atoms with E-state index < -0.39 is 11.9 Å². The van der Waals surface area contributed by atoms with Gasteiger partial charge < -0.3 is 4.90 Å². The van der Waals surface area contributed by atoms with Crippen LogP contribution in [0.4, 0.5) is 0 Å². The fourth-order valence-electron chi connectivity index (χ4n) is 4.03. The van der Waals surface area contributed by atoms with Gasteiger partial charge in [0.15, 0.2) is 0 Å². The number of pyridine rings is 1. The molecule has 0 N–H and O–H groups in total. The van der Waals surface area contributed by atoms with Crippen LogP contribution in [0.3, 0.4) is 0 Å². The summed E-state index contributed by atoms with van der Waals surface area (Å²) in [6, 6.07) is 3.53. The third-order valence-corrected chi connectivity index (χ3v) is 6.60. The number of carbonyl (C=O) groups is 3. The van der Waals surface area contributed by atoms with Gasteiger partial charge in [0.2, 0.25) is 10.9 Å². The van der Waals surface area contributed by atoms with Gasteiger partial charge >= 0.3 is 0 Å². The Morgan fingerprint density at radius 2 is 1.93 bits per heavy atom. The number of amides is 1. The normalized spacial score (nSPS) is 20.6. The highest BCUT2D eigenvalue weighted by molar-refractivity contribution is 8.13. The van der Waals surface area contributed by atoms with Crippen LogP contribution in [0.5, 0.6) is 0 Å². The van der Waals surface area contributed by atoms with Crippen molar-refractivity contribution >= 4 is 28.6 Å². The fourth-order valence-corrected chi connectivity index (χ4v) is 4.95. The van der Waals surface area contributed by atoms with Crippen LogP contribution in [0.2, 0.25) is 0 Å². The van der Waals surface area contributed by atoms with Crippen molar-refractivity contribution in [1.29, 1.82) is 0 Å². The minimum Gasteiger partial charge on any atom is -0.325 e. The van der Waals surface area contributed by atoms with Crippen molar-refractivity contribution in [3.8, 4) is 0 Å². The second-order valence-corrected chi connectivity index (χ2v) is 8.59. The summed E-state index contributed by atoms with van der Waals surface area (Å²) in [5.74, 6) is -0.0949. The average Bonchev–Trinajstić information content (AvgIpc) is 3.21. The summed E-state index contributed by atoms with van der Waals surface area (Å²) in [4.78, 5) is 43.5. The van der Waals surface area contributed by atoms with Gasteiger partial charge in [-0.2, -0.15) is 0 Å². The summed E-state index contributed by atoms with van der Waals surface area (Å²) >= 11 is 1.30. The SMILES string of the molecule is O=C(C(=O)N1CCC[C@H]1C(=O)SCCCc1cccnc1)C1CCCCC1. The Morgan fingerprint density at radius 3 is 2.67 bits per heavy atom. The van der Waals surface area contributed by atoms with Gasteiger partial charge in [0, 0.05) is 30.6 Å². The van der Waals surface area contributed by atoms with Crippen LogP contribution < -0.4 is 0 Å². The minimum absolute atomic E-state index is 0.0310. The molecule has 1 amide bonds. The number of aromatic nitrogens is 1. The lowest BCUT2D eigenvalue weighted by Crippen LogP contribution is -2.45. The molecule has 1 atom stereocenters. The predicted molar refractivity (Wildman–Crippen MR) is 106 cm³/mol. The van der Waals surface area contributed by atoms with Gasteiger partial charge in [-0.3, -0.25) is 19.4 Å². The molecule has 0 bridgehead atoms. The Hall–Kier alpha value is -1.69. The highest BCUT2D eigenvalue weighted by Gasteiger charge is 2.38. The van der Waals surface area contributed by atoms with Gasteiger partial charge in [0.1, 0.15) is 6.04 Å². The van der Waals surface area contributed by atoms with Gasteiger partial charge in [0.05, 0.1) is 0 Å². The van der Waals surface area contributed by atoms with E-state index in [1.54, 1.807) is 11.1 Å². The zero-order valence-electron chi connectivity index (χ0n) is 15.8. The molecule has 146 valence electrons. The molecule has 1 aliphatic heterocycles. The maximum Gasteiger partial charge on any atom is 0.290 e. The number of thioether (sulfide) groups is 1. The maximum atomic E-state index is 12.7. The minimum atomic E-state index is -0.423. The van der Waals surface area contributed by atoms with Crippen molar-refractivity contribution in [2.45, 2.75) is 63.8 Å². The average molecular weight is 389 g/mol. The molecule has 1 aromatic heterocycles. The van der Waals surface area contributed by atoms with Crippen LogP contribution in [0.15, 0.2) is 24.5 Å². The molecule has 2 heterocycles. The van der Waals surface area contributed by atoms with Gasteiger partial charge in [0.25, 0.3) is 5.91 Å². The van der Waals surface area contributed by atoms with Gasteiger partial charge in [-0.15, -0.1) is 0 Å². The summed E-state index contributed by atoms with van der Waals surface area (Å²) in [5.41, 5.74) is 1.17. The molecule has 27 heavy (non-hydrogen) atoms. The van der Waals surface area contributed by atoms with E-state index in [2.05, 4.69) is 4.98 Å². The third-order valence-electron chi connectivity index (χ3n) is 5.55. The molecule has 3 rings (SSSR count). The first kappa shape index (κ1) is 20.1. The van der Waals surface area contributed by atoms with E-state index in [0.717, 1.165) is 57.1 Å². The largest absolute Gasteiger partial charge is 0.325 e. The van der Waals surface area contributed by atoms with E-state index in [0.29, 0.717) is 13.0 Å². The van der Waals surface area contributed by atoms with Crippen molar-refractivity contribution in [2.24, 2.45) is 5.92 Å². The Balaban J connectivity index is 1.47. The highest BCUT2D eigenvalue weighted by Crippen LogP contribution is 2.28. The highest BCUT2D eigenvalue weighted by atomic mass is 32.2. The third kappa shape index (κ3) is 5.41. The van der Waals surface area contributed by atoms with E-state index >= 15 is 0 Å². The van der Waals surface area contributed by atoms with Crippen molar-refractivity contribution in [2.75, 3.05) is 12.3 Å². The van der Waals surface area contributed by atoms with Crippen LogP contribution in [0.25, 0.3) is 0 Å². The number of likely N-dealkylation sites (tertiary alicyclic amines) is 1. The van der Waals surface area contributed by atoms with Crippen LogP contribution in [0.1, 0.15) is 56.9 Å². The molecular formula is C21H28N2O3S. The summed E-state index contributed by atoms with van der Waals surface area (Å²) in [7, 11) is 0. The Labute approximate surface area is 165 Å². The molecular weight excluding hydrogens is 360 g/mol. The van der Waals surface area contributed by atoms with Crippen LogP contribution >= 0.6 is 11.8 Å². The first-order valence-electron chi connectivity index (χ1n) is 10.1. The first-order chi connectivity index (χ1) is 13.2. The zero-order valence-corrected chi connectivity index (χ0v) is 16.6. The van der Waals surface area contributed by atoms with Gasteiger partial charge in [-0.1, -0.05) is 37.1 Å². The second kappa shape index (κ2) is 10.0. The lowest BCUT2D eigenvalue weighted by molar-refractivity contribution is -0.148. The Kier molecular flexibility index (Phi) is 7.44. The van der Waals surface area contributed by atoms with Gasteiger partial charge in [-0.05, 0) is 50.2 Å². The number of nitrogens with zero attached hydrogens (tertiary/aromatic N) is 2. The lowest BCUT2D eigenvalue weighted by atomic mass is 9.86. The number of hydrogen-bond donors (Lipinski definition) is 0. The smallest absolute Gasteiger partial charge is 0.290 e. The first-order valence-corrected chi connectivity index (χ1v) is 11.1. The fraction of sp³-hybridized carbons (Fsp3) is 0.619. The van der Waals surface area contributed by atoms with E-state index in [4.69, 9.17) is 0 Å². The van der Waals surface area contributed by atoms with Crippen molar-refractivity contribution in [1.82, 2.24) is 9.88 Å². The summed E-state index contributed by atoms with van der Waals surface area (Å²) in [6.07, 6.45) is 11.7. The molecule has 0 unspecified atom stereocenters. The van der Waals surface area contributed by atoms with Crippen LogP contribution in [-0.4, -0.2) is 45.0 Å². The molecule has 6 heteroatoms. The van der Waals surface area contributed by atoms with Crippen molar-refractivity contribution < 1.29 is 14.4 Å². The Morgan fingerprint density at radius 1 is 1.11 bits per heavy atom. The second-order valence-electron chi connectivity index (χ2n) is 7.49. The molecule has 1 saturated carbocycles. The molecule has 1 aromatic rings. The maximum absolute atomic E-state index is 12.7. The van der Waals surface area contributed by atoms with E-state index in [-0.39, 0.29) is 16.8 Å². The van der Waals surface area contributed by atoms with Crippen LogP contribution in [0, 0.1) is 5.92 Å². The number of ketones is 1. The molecule has 2 aliphatic rings. The topological polar surface area (TPSA) is 67.3 Å². The molecule has 2 fully saturated rings. The number of Topliss-reactive ketones (excluding diaryl/α,β-unsaturated/α-hetero) is 1. The van der Waals surface area contributed by atoms with E-state index in [1.165, 1.54) is 17.3 Å². The van der Waals surface area contributed by atoms with Crippen molar-refractivity contribution in [3.63, 3.8) is 0 Å². The number of rotatable bonds is 7. The standard InChI is InChI=1S/C21H28N2O3S/c24-19(17-9-2-1-3-10-17)20(25)23-13-5-11-18(23)21(26)27-14-6-8-16-7-4-12-22-15-16/h4,7,12,15,17-18H,1-3,5-6,8-11,13-14H2/t18-/m0/s1.